The number of hydrogen-bond donors (Lipinski definition) is 0. The fraction of sp³-hybridized carbons (Fsp3) is 0.769. The number of esters is 1. The molecular weight excluding hydrogens is 188 g/mol. The number of carbonyl (C=O) groups is 1. The maximum atomic E-state index is 11.5. The van der Waals surface area contributed by atoms with Crippen molar-refractivity contribution in [3.8, 4) is 0 Å². The first-order chi connectivity index (χ1) is 7.25. The molecule has 3 aliphatic carbocycles. The molecule has 4 atom stereocenters. The van der Waals surface area contributed by atoms with Crippen molar-refractivity contribution in [3.05, 3.63) is 12.2 Å². The minimum absolute atomic E-state index is 0.0109. The smallest absolute Gasteiger partial charge is 0.306 e. The summed E-state index contributed by atoms with van der Waals surface area (Å²) >= 11 is 0. The molecule has 0 radical (unpaired) electrons. The van der Waals surface area contributed by atoms with Crippen LogP contribution in [0.2, 0.25) is 0 Å². The molecule has 0 aromatic carbocycles. The topological polar surface area (TPSA) is 26.3 Å². The Morgan fingerprint density at radius 1 is 1.60 bits per heavy atom. The van der Waals surface area contributed by atoms with Crippen LogP contribution in [0.1, 0.15) is 39.0 Å². The van der Waals surface area contributed by atoms with Gasteiger partial charge in [0.15, 0.2) is 0 Å². The van der Waals surface area contributed by atoms with Crippen molar-refractivity contribution in [1.29, 1.82) is 0 Å². The lowest BCUT2D eigenvalue weighted by molar-refractivity contribution is -0.164. The maximum absolute atomic E-state index is 11.5. The summed E-state index contributed by atoms with van der Waals surface area (Å²) in [7, 11) is 0. The molecule has 0 heterocycles. The van der Waals surface area contributed by atoms with Gasteiger partial charge in [0.25, 0.3) is 0 Å². The lowest BCUT2D eigenvalue weighted by Gasteiger charge is -2.35. The molecule has 2 fully saturated rings. The van der Waals surface area contributed by atoms with Crippen LogP contribution in [0.4, 0.5) is 0 Å². The number of allylic oxidation sites excluding steroid dienone is 2. The third-order valence-electron chi connectivity index (χ3n) is 4.58. The van der Waals surface area contributed by atoms with Crippen LogP contribution in [0.25, 0.3) is 0 Å². The first kappa shape index (κ1) is 9.44. The molecular formula is C13H18O2. The van der Waals surface area contributed by atoms with E-state index in [-0.39, 0.29) is 11.6 Å². The Kier molecular flexibility index (Phi) is 1.95. The highest BCUT2D eigenvalue weighted by Crippen LogP contribution is 2.60. The number of rotatable bonds is 2. The lowest BCUT2D eigenvalue weighted by Crippen LogP contribution is -2.39. The van der Waals surface area contributed by atoms with Crippen LogP contribution in [0.3, 0.4) is 0 Å². The molecule has 0 aromatic heterocycles. The summed E-state index contributed by atoms with van der Waals surface area (Å²) in [5.74, 6) is 2.09. The highest BCUT2D eigenvalue weighted by atomic mass is 16.6. The van der Waals surface area contributed by atoms with Crippen LogP contribution >= 0.6 is 0 Å². The van der Waals surface area contributed by atoms with Gasteiger partial charge < -0.3 is 4.74 Å². The normalized spacial score (nSPS) is 45.8. The Bertz CT molecular complexity index is 320. The standard InChI is InChI=1S/C13H18O2/c1-2-12(14)15-13-7-6-9(8-13)10-4-3-5-11(10)13/h3-4,9-11H,2,5-8H2,1H3. The predicted molar refractivity (Wildman–Crippen MR) is 57.2 cm³/mol. The van der Waals surface area contributed by atoms with E-state index in [2.05, 4.69) is 12.2 Å². The second-order valence-corrected chi connectivity index (χ2v) is 5.24. The maximum Gasteiger partial charge on any atom is 0.306 e. The Morgan fingerprint density at radius 2 is 2.47 bits per heavy atom. The van der Waals surface area contributed by atoms with Gasteiger partial charge >= 0.3 is 5.97 Å². The minimum atomic E-state index is -0.0775. The fourth-order valence-corrected chi connectivity index (χ4v) is 3.93. The molecule has 4 unspecified atom stereocenters. The predicted octanol–water partition coefficient (Wildman–Crippen LogP) is 2.68. The number of fused-ring (bicyclic) bond motifs is 5. The molecule has 82 valence electrons. The molecule has 2 nitrogen and oxygen atoms in total. The highest BCUT2D eigenvalue weighted by molar-refractivity contribution is 5.69. The van der Waals surface area contributed by atoms with Gasteiger partial charge in [-0.15, -0.1) is 0 Å². The van der Waals surface area contributed by atoms with Crippen LogP contribution < -0.4 is 0 Å². The molecule has 0 amide bonds. The van der Waals surface area contributed by atoms with Crippen LogP contribution in [-0.2, 0) is 9.53 Å². The average Bonchev–Trinajstić information content (AvgIpc) is 2.87. The summed E-state index contributed by atoms with van der Waals surface area (Å²) in [5, 5.41) is 0. The zero-order valence-electron chi connectivity index (χ0n) is 9.24. The summed E-state index contributed by atoms with van der Waals surface area (Å²) in [6.07, 6.45) is 9.75. The molecule has 0 saturated heterocycles. The zero-order valence-corrected chi connectivity index (χ0v) is 9.24. The van der Waals surface area contributed by atoms with E-state index in [0.717, 1.165) is 25.2 Å². The van der Waals surface area contributed by atoms with Crippen molar-refractivity contribution < 1.29 is 9.53 Å². The van der Waals surface area contributed by atoms with E-state index >= 15 is 0 Å². The van der Waals surface area contributed by atoms with Crippen molar-refractivity contribution in [2.75, 3.05) is 0 Å². The van der Waals surface area contributed by atoms with Gasteiger partial charge in [-0.05, 0) is 37.5 Å². The molecule has 0 spiro atoms. The van der Waals surface area contributed by atoms with Crippen LogP contribution in [0.15, 0.2) is 12.2 Å². The van der Waals surface area contributed by atoms with Gasteiger partial charge in [0, 0.05) is 12.3 Å². The van der Waals surface area contributed by atoms with Gasteiger partial charge in [-0.1, -0.05) is 19.1 Å². The van der Waals surface area contributed by atoms with E-state index in [1.807, 2.05) is 6.92 Å². The third kappa shape index (κ3) is 1.20. The summed E-state index contributed by atoms with van der Waals surface area (Å²) in [4.78, 5) is 11.5. The van der Waals surface area contributed by atoms with E-state index in [0.29, 0.717) is 18.3 Å². The SMILES string of the molecule is CCC(=O)OC12CCC(C1)C1C=CCC12. The van der Waals surface area contributed by atoms with Crippen molar-refractivity contribution in [2.45, 2.75) is 44.6 Å². The second kappa shape index (κ2) is 3.10. The molecule has 0 N–H and O–H groups in total. The first-order valence-corrected chi connectivity index (χ1v) is 6.14. The highest BCUT2D eigenvalue weighted by Gasteiger charge is 2.59. The van der Waals surface area contributed by atoms with Gasteiger partial charge in [-0.2, -0.15) is 0 Å². The van der Waals surface area contributed by atoms with Gasteiger partial charge in [-0.25, -0.2) is 0 Å². The van der Waals surface area contributed by atoms with Gasteiger partial charge in [0.1, 0.15) is 5.60 Å². The minimum Gasteiger partial charge on any atom is -0.459 e. The number of carbonyl (C=O) groups excluding carboxylic acids is 1. The molecule has 0 aliphatic heterocycles. The fourth-order valence-electron chi connectivity index (χ4n) is 3.93. The Labute approximate surface area is 90.7 Å². The summed E-state index contributed by atoms with van der Waals surface area (Å²) in [5.41, 5.74) is -0.0775. The summed E-state index contributed by atoms with van der Waals surface area (Å²) < 4.78 is 5.77. The van der Waals surface area contributed by atoms with Crippen LogP contribution in [-0.4, -0.2) is 11.6 Å². The van der Waals surface area contributed by atoms with Crippen LogP contribution in [0.5, 0.6) is 0 Å². The van der Waals surface area contributed by atoms with Crippen molar-refractivity contribution in [1.82, 2.24) is 0 Å². The van der Waals surface area contributed by atoms with E-state index in [1.165, 1.54) is 6.42 Å². The number of ether oxygens (including phenoxy) is 1. The van der Waals surface area contributed by atoms with Gasteiger partial charge in [0.2, 0.25) is 0 Å². The number of hydrogen-bond acceptors (Lipinski definition) is 2. The van der Waals surface area contributed by atoms with Crippen LogP contribution in [0, 0.1) is 17.8 Å². The van der Waals surface area contributed by atoms with Gasteiger partial charge in [0.05, 0.1) is 0 Å². The molecule has 3 rings (SSSR count). The van der Waals surface area contributed by atoms with Crippen molar-refractivity contribution in [2.24, 2.45) is 17.8 Å². The van der Waals surface area contributed by atoms with Crippen molar-refractivity contribution >= 4 is 5.97 Å². The van der Waals surface area contributed by atoms with Gasteiger partial charge in [-0.3, -0.25) is 4.79 Å². The monoisotopic (exact) mass is 206 g/mol. The van der Waals surface area contributed by atoms with Crippen molar-refractivity contribution in [3.63, 3.8) is 0 Å². The van der Waals surface area contributed by atoms with E-state index in [1.54, 1.807) is 0 Å². The Hall–Kier alpha value is -0.790. The quantitative estimate of drug-likeness (QED) is 0.513. The molecule has 0 aromatic rings. The Morgan fingerprint density at radius 3 is 3.27 bits per heavy atom. The third-order valence-corrected chi connectivity index (χ3v) is 4.58. The Balaban J connectivity index is 1.83. The van der Waals surface area contributed by atoms with E-state index in [4.69, 9.17) is 4.74 Å². The van der Waals surface area contributed by atoms with E-state index < -0.39 is 0 Å². The largest absolute Gasteiger partial charge is 0.459 e. The molecule has 2 saturated carbocycles. The average molecular weight is 206 g/mol. The second-order valence-electron chi connectivity index (χ2n) is 5.24. The van der Waals surface area contributed by atoms with E-state index in [9.17, 15) is 4.79 Å². The summed E-state index contributed by atoms with van der Waals surface area (Å²) in [6.45, 7) is 1.88. The molecule has 15 heavy (non-hydrogen) atoms. The molecule has 2 bridgehead atoms. The summed E-state index contributed by atoms with van der Waals surface area (Å²) in [6, 6.07) is 0. The molecule has 3 aliphatic rings. The molecule has 2 heteroatoms. The first-order valence-electron chi connectivity index (χ1n) is 6.14. The lowest BCUT2D eigenvalue weighted by atomic mass is 9.79. The zero-order chi connectivity index (χ0) is 10.5.